The monoisotopic (exact) mass is 520 g/mol. The molecule has 0 heterocycles. The molecule has 0 saturated heterocycles. The van der Waals surface area contributed by atoms with Gasteiger partial charge in [-0.2, -0.15) is 0 Å². The largest absolute Gasteiger partial charge is 0.456 e. The highest BCUT2D eigenvalue weighted by molar-refractivity contribution is 6.99. The molecule has 1 aliphatic rings. The second-order valence-corrected chi connectivity index (χ2v) is 15.3. The first-order chi connectivity index (χ1) is 17.6. The summed E-state index contributed by atoms with van der Waals surface area (Å²) >= 11 is 0. The lowest BCUT2D eigenvalue weighted by Gasteiger charge is -2.47. The third-order valence-corrected chi connectivity index (χ3v) is 12.2. The van der Waals surface area contributed by atoms with Crippen molar-refractivity contribution in [2.24, 2.45) is 0 Å². The van der Waals surface area contributed by atoms with Crippen molar-refractivity contribution in [1.29, 1.82) is 0 Å². The smallest absolute Gasteiger partial charge is 0.338 e. The van der Waals surface area contributed by atoms with Crippen LogP contribution < -0.4 is 10.4 Å². The molecular formula is C30H36O6Si. The zero-order valence-corrected chi connectivity index (χ0v) is 22.6. The molecule has 0 spiro atoms. The average molecular weight is 521 g/mol. The molecule has 0 radical (unpaired) electrons. The summed E-state index contributed by atoms with van der Waals surface area (Å²) in [5.41, 5.74) is -1.17. The maximum atomic E-state index is 12.7. The first-order valence-electron chi connectivity index (χ1n) is 12.7. The van der Waals surface area contributed by atoms with E-state index in [1.54, 1.807) is 30.3 Å². The molecule has 6 nitrogen and oxygen atoms in total. The van der Waals surface area contributed by atoms with E-state index in [9.17, 15) is 20.1 Å². The number of carbonyl (C=O) groups is 1. The van der Waals surface area contributed by atoms with Crippen molar-refractivity contribution in [3.05, 3.63) is 96.6 Å². The SMILES string of the molecule is CC(C)(C)[Si](OC[C@]1(O)C[C@@H](O)[C@@H](O)[C@H](OC(=O)c2ccccc2)C1)(c1ccccc1)c1ccccc1. The van der Waals surface area contributed by atoms with Crippen LogP contribution in [0.2, 0.25) is 5.04 Å². The predicted octanol–water partition coefficient (Wildman–Crippen LogP) is 3.04. The Labute approximate surface area is 219 Å². The second kappa shape index (κ2) is 10.9. The van der Waals surface area contributed by atoms with Crippen LogP contribution in [-0.4, -0.2) is 60.1 Å². The third kappa shape index (κ3) is 5.71. The van der Waals surface area contributed by atoms with Crippen LogP contribution in [-0.2, 0) is 9.16 Å². The average Bonchev–Trinajstić information content (AvgIpc) is 2.88. The molecule has 4 rings (SSSR count). The van der Waals surface area contributed by atoms with E-state index in [4.69, 9.17) is 9.16 Å². The molecule has 4 atom stereocenters. The van der Waals surface area contributed by atoms with Crippen LogP contribution in [0.25, 0.3) is 0 Å². The Morgan fingerprint density at radius 1 is 0.865 bits per heavy atom. The summed E-state index contributed by atoms with van der Waals surface area (Å²) in [7, 11) is -2.94. The molecule has 0 aliphatic heterocycles. The normalized spacial score (nSPS) is 24.4. The number of hydrogen-bond donors (Lipinski definition) is 3. The van der Waals surface area contributed by atoms with Gasteiger partial charge in [-0.1, -0.05) is 99.6 Å². The summed E-state index contributed by atoms with van der Waals surface area (Å²) in [4.78, 5) is 12.7. The Bertz CT molecular complexity index is 1130. The fourth-order valence-corrected chi connectivity index (χ4v) is 9.99. The molecule has 0 amide bonds. The van der Waals surface area contributed by atoms with Gasteiger partial charge in [0.05, 0.1) is 23.9 Å². The number of esters is 1. The van der Waals surface area contributed by atoms with E-state index in [2.05, 4.69) is 45.0 Å². The van der Waals surface area contributed by atoms with E-state index in [1.165, 1.54) is 0 Å². The predicted molar refractivity (Wildman–Crippen MR) is 145 cm³/mol. The summed E-state index contributed by atoms with van der Waals surface area (Å²) in [5.74, 6) is -0.617. The number of hydrogen-bond acceptors (Lipinski definition) is 6. The van der Waals surface area contributed by atoms with Gasteiger partial charge in [-0.3, -0.25) is 0 Å². The van der Waals surface area contributed by atoms with E-state index >= 15 is 0 Å². The van der Waals surface area contributed by atoms with Crippen LogP contribution >= 0.6 is 0 Å². The van der Waals surface area contributed by atoms with Crippen LogP contribution in [0, 0.1) is 0 Å². The number of aliphatic hydroxyl groups excluding tert-OH is 2. The first kappa shape index (κ1) is 27.2. The molecule has 3 N–H and O–H groups in total. The fraction of sp³-hybridized carbons (Fsp3) is 0.367. The van der Waals surface area contributed by atoms with E-state index in [-0.39, 0.29) is 24.5 Å². The van der Waals surface area contributed by atoms with Crippen molar-refractivity contribution in [1.82, 2.24) is 0 Å². The Kier molecular flexibility index (Phi) is 8.01. The van der Waals surface area contributed by atoms with Gasteiger partial charge in [0.15, 0.2) is 0 Å². The molecule has 0 aromatic heterocycles. The van der Waals surface area contributed by atoms with Gasteiger partial charge in [0.25, 0.3) is 8.32 Å². The molecule has 1 fully saturated rings. The van der Waals surface area contributed by atoms with Gasteiger partial charge in [0, 0.05) is 12.8 Å². The van der Waals surface area contributed by atoms with Crippen LogP contribution in [0.5, 0.6) is 0 Å². The number of aliphatic hydroxyl groups is 3. The van der Waals surface area contributed by atoms with Crippen LogP contribution in [0.15, 0.2) is 91.0 Å². The zero-order valence-electron chi connectivity index (χ0n) is 21.6. The quantitative estimate of drug-likeness (QED) is 0.327. The molecule has 7 heteroatoms. The summed E-state index contributed by atoms with van der Waals surface area (Å²) in [5, 5.41) is 34.8. The zero-order chi connectivity index (χ0) is 26.7. The topological polar surface area (TPSA) is 96.2 Å². The standard InChI is InChI=1S/C30H36O6Si/c1-29(2,3)37(23-15-9-5-10-16-23,24-17-11-6-12-18-24)35-21-30(34)19-25(31)27(32)26(20-30)36-28(33)22-13-7-4-8-14-22/h4-18,25-27,31-32,34H,19-21H2,1-3H3/t25-,26-,27-,30+/m1/s1. The van der Waals surface area contributed by atoms with Crippen LogP contribution in [0.1, 0.15) is 44.0 Å². The highest BCUT2D eigenvalue weighted by atomic mass is 28.4. The highest BCUT2D eigenvalue weighted by Gasteiger charge is 2.53. The van der Waals surface area contributed by atoms with Gasteiger partial charge >= 0.3 is 5.97 Å². The summed E-state index contributed by atoms with van der Waals surface area (Å²) in [6.07, 6.45) is -3.80. The number of benzene rings is 3. The van der Waals surface area contributed by atoms with Gasteiger partial charge in [-0.15, -0.1) is 0 Å². The van der Waals surface area contributed by atoms with Crippen molar-refractivity contribution >= 4 is 24.7 Å². The van der Waals surface area contributed by atoms with Crippen molar-refractivity contribution in [3.63, 3.8) is 0 Å². The number of ether oxygens (including phenoxy) is 1. The Balaban J connectivity index is 1.63. The van der Waals surface area contributed by atoms with E-state index < -0.39 is 38.2 Å². The minimum atomic E-state index is -2.94. The Morgan fingerprint density at radius 3 is 1.84 bits per heavy atom. The highest BCUT2D eigenvalue weighted by Crippen LogP contribution is 2.39. The third-order valence-electron chi connectivity index (χ3n) is 7.19. The number of carbonyl (C=O) groups excluding carboxylic acids is 1. The lowest BCUT2D eigenvalue weighted by molar-refractivity contribution is -0.165. The Morgan fingerprint density at radius 2 is 1.35 bits per heavy atom. The summed E-state index contributed by atoms with van der Waals surface area (Å²) in [6, 6.07) is 28.6. The van der Waals surface area contributed by atoms with Gasteiger partial charge in [0.2, 0.25) is 0 Å². The maximum absolute atomic E-state index is 12.7. The fourth-order valence-electron chi connectivity index (χ4n) is 5.35. The minimum absolute atomic E-state index is 0.0536. The van der Waals surface area contributed by atoms with Gasteiger partial charge < -0.3 is 24.5 Å². The maximum Gasteiger partial charge on any atom is 0.338 e. The van der Waals surface area contributed by atoms with Crippen molar-refractivity contribution in [2.45, 2.75) is 62.6 Å². The van der Waals surface area contributed by atoms with E-state index in [1.807, 2.05) is 36.4 Å². The lowest BCUT2D eigenvalue weighted by atomic mass is 9.80. The van der Waals surface area contributed by atoms with Crippen LogP contribution in [0.4, 0.5) is 0 Å². The van der Waals surface area contributed by atoms with Gasteiger partial charge in [0.1, 0.15) is 12.2 Å². The Hall–Kier alpha value is -2.81. The van der Waals surface area contributed by atoms with Crippen molar-refractivity contribution in [3.8, 4) is 0 Å². The molecule has 1 saturated carbocycles. The van der Waals surface area contributed by atoms with Crippen molar-refractivity contribution in [2.75, 3.05) is 6.61 Å². The summed E-state index contributed by atoms with van der Waals surface area (Å²) in [6.45, 7) is 6.36. The van der Waals surface area contributed by atoms with Gasteiger partial charge in [-0.25, -0.2) is 4.79 Å². The van der Waals surface area contributed by atoms with E-state index in [0.29, 0.717) is 5.56 Å². The molecule has 3 aromatic carbocycles. The molecule has 0 unspecified atom stereocenters. The van der Waals surface area contributed by atoms with E-state index in [0.717, 1.165) is 10.4 Å². The number of rotatable bonds is 7. The molecule has 3 aromatic rings. The second-order valence-electron chi connectivity index (χ2n) is 11.0. The van der Waals surface area contributed by atoms with Crippen LogP contribution in [0.3, 0.4) is 0 Å². The summed E-state index contributed by atoms with van der Waals surface area (Å²) < 4.78 is 12.5. The van der Waals surface area contributed by atoms with Crippen molar-refractivity contribution < 1.29 is 29.3 Å². The first-order valence-corrected chi connectivity index (χ1v) is 14.6. The minimum Gasteiger partial charge on any atom is -0.456 e. The lowest BCUT2D eigenvalue weighted by Crippen LogP contribution is -2.68. The van der Waals surface area contributed by atoms with Gasteiger partial charge in [-0.05, 0) is 27.5 Å². The molecule has 196 valence electrons. The molecule has 1 aliphatic carbocycles. The molecular weight excluding hydrogens is 484 g/mol. The molecule has 0 bridgehead atoms. The molecule has 37 heavy (non-hydrogen) atoms.